The highest BCUT2D eigenvalue weighted by molar-refractivity contribution is 7.20. The van der Waals surface area contributed by atoms with Gasteiger partial charge in [-0.1, -0.05) is 6.07 Å². The lowest BCUT2D eigenvalue weighted by atomic mass is 10.3. The predicted molar refractivity (Wildman–Crippen MR) is 57.7 cm³/mol. The van der Waals surface area contributed by atoms with Crippen molar-refractivity contribution in [2.45, 2.75) is 6.92 Å². The second kappa shape index (κ2) is 3.86. The Morgan fingerprint density at radius 3 is 3.07 bits per heavy atom. The molecule has 1 heterocycles. The van der Waals surface area contributed by atoms with Gasteiger partial charge in [0.25, 0.3) is 0 Å². The van der Waals surface area contributed by atoms with Gasteiger partial charge in [-0.05, 0) is 19.1 Å². The van der Waals surface area contributed by atoms with Crippen molar-refractivity contribution in [3.63, 3.8) is 0 Å². The minimum absolute atomic E-state index is 0.0946. The van der Waals surface area contributed by atoms with Gasteiger partial charge in [0.1, 0.15) is 11.3 Å². The molecular weight excluding hydrogens is 214 g/mol. The van der Waals surface area contributed by atoms with Crippen molar-refractivity contribution in [2.75, 3.05) is 6.61 Å². The first-order valence-electron chi connectivity index (χ1n) is 4.48. The number of hydrogen-bond donors (Lipinski definition) is 1. The molecule has 0 aliphatic carbocycles. The maximum absolute atomic E-state index is 10.7. The molecule has 1 aromatic heterocycles. The number of aromatic carboxylic acids is 1. The highest BCUT2D eigenvalue weighted by Gasteiger charge is 2.13. The molecule has 78 valence electrons. The molecule has 0 spiro atoms. The molecule has 5 heteroatoms. The third-order valence-electron chi connectivity index (χ3n) is 1.86. The Labute approximate surface area is 90.1 Å². The zero-order chi connectivity index (χ0) is 10.8. The fourth-order valence-corrected chi connectivity index (χ4v) is 2.11. The third kappa shape index (κ3) is 1.78. The standard InChI is InChI=1S/C10H9NO3S/c1-2-14-6-4-3-5-7-8(6)11-9(15-7)10(12)13/h3-5H,2H2,1H3,(H,12,13). The monoisotopic (exact) mass is 223 g/mol. The van der Waals surface area contributed by atoms with E-state index in [1.165, 1.54) is 0 Å². The second-order valence-electron chi connectivity index (χ2n) is 2.86. The molecule has 4 nitrogen and oxygen atoms in total. The summed E-state index contributed by atoms with van der Waals surface area (Å²) in [5.74, 6) is -0.364. The summed E-state index contributed by atoms with van der Waals surface area (Å²) < 4.78 is 6.20. The molecule has 0 bridgehead atoms. The third-order valence-corrected chi connectivity index (χ3v) is 2.87. The maximum Gasteiger partial charge on any atom is 0.365 e. The lowest BCUT2D eigenvalue weighted by Gasteiger charge is -2.01. The normalized spacial score (nSPS) is 10.5. The first kappa shape index (κ1) is 9.92. The number of benzene rings is 1. The van der Waals surface area contributed by atoms with Gasteiger partial charge in [-0.2, -0.15) is 0 Å². The van der Waals surface area contributed by atoms with Crippen molar-refractivity contribution in [1.29, 1.82) is 0 Å². The maximum atomic E-state index is 10.7. The zero-order valence-corrected chi connectivity index (χ0v) is 8.87. The zero-order valence-electron chi connectivity index (χ0n) is 8.06. The predicted octanol–water partition coefficient (Wildman–Crippen LogP) is 2.39. The number of ether oxygens (including phenoxy) is 1. The van der Waals surface area contributed by atoms with Crippen molar-refractivity contribution in [1.82, 2.24) is 4.98 Å². The fraction of sp³-hybridized carbons (Fsp3) is 0.200. The van der Waals surface area contributed by atoms with E-state index in [1.54, 1.807) is 6.07 Å². The lowest BCUT2D eigenvalue weighted by Crippen LogP contribution is -1.95. The van der Waals surface area contributed by atoms with Crippen molar-refractivity contribution in [3.05, 3.63) is 23.2 Å². The number of rotatable bonds is 3. The number of para-hydroxylation sites is 1. The Morgan fingerprint density at radius 1 is 1.60 bits per heavy atom. The molecule has 0 saturated heterocycles. The molecule has 0 saturated carbocycles. The van der Waals surface area contributed by atoms with Crippen LogP contribution >= 0.6 is 11.3 Å². The average Bonchev–Trinajstić information content (AvgIpc) is 2.63. The molecule has 0 radical (unpaired) electrons. The van der Waals surface area contributed by atoms with Crippen LogP contribution in [-0.4, -0.2) is 22.7 Å². The lowest BCUT2D eigenvalue weighted by molar-refractivity contribution is 0.0696. The molecule has 1 aromatic carbocycles. The van der Waals surface area contributed by atoms with E-state index in [-0.39, 0.29) is 5.01 Å². The largest absolute Gasteiger partial charge is 0.492 e. The Kier molecular flexibility index (Phi) is 2.55. The molecule has 0 fully saturated rings. The van der Waals surface area contributed by atoms with Gasteiger partial charge in [0, 0.05) is 0 Å². The number of nitrogens with zero attached hydrogens (tertiary/aromatic N) is 1. The van der Waals surface area contributed by atoms with E-state index < -0.39 is 5.97 Å². The summed E-state index contributed by atoms with van der Waals surface area (Å²) in [5.41, 5.74) is 0.627. The summed E-state index contributed by atoms with van der Waals surface area (Å²) in [6, 6.07) is 5.45. The van der Waals surface area contributed by atoms with Gasteiger partial charge in [0.15, 0.2) is 0 Å². The van der Waals surface area contributed by atoms with E-state index in [0.29, 0.717) is 17.9 Å². The SMILES string of the molecule is CCOc1cccc2sc(C(=O)O)nc12. The van der Waals surface area contributed by atoms with Crippen molar-refractivity contribution in [2.24, 2.45) is 0 Å². The van der Waals surface area contributed by atoms with Gasteiger partial charge >= 0.3 is 5.97 Å². The number of fused-ring (bicyclic) bond motifs is 1. The van der Waals surface area contributed by atoms with Crippen LogP contribution in [0.2, 0.25) is 0 Å². The van der Waals surface area contributed by atoms with Crippen LogP contribution < -0.4 is 4.74 Å². The van der Waals surface area contributed by atoms with Crippen molar-refractivity contribution >= 4 is 27.5 Å². The van der Waals surface area contributed by atoms with Gasteiger partial charge < -0.3 is 9.84 Å². The van der Waals surface area contributed by atoms with Gasteiger partial charge in [-0.15, -0.1) is 11.3 Å². The van der Waals surface area contributed by atoms with E-state index in [2.05, 4.69) is 4.98 Å². The smallest absolute Gasteiger partial charge is 0.365 e. The number of carboxylic acids is 1. The van der Waals surface area contributed by atoms with Gasteiger partial charge in [-0.3, -0.25) is 0 Å². The first-order valence-corrected chi connectivity index (χ1v) is 5.29. The average molecular weight is 223 g/mol. The minimum Gasteiger partial charge on any atom is -0.492 e. The summed E-state index contributed by atoms with van der Waals surface area (Å²) in [6.07, 6.45) is 0. The van der Waals surface area contributed by atoms with Gasteiger partial charge in [0.05, 0.1) is 11.3 Å². The van der Waals surface area contributed by atoms with Gasteiger partial charge in [-0.25, -0.2) is 9.78 Å². The van der Waals surface area contributed by atoms with Crippen LogP contribution in [0.5, 0.6) is 5.75 Å². The summed E-state index contributed by atoms with van der Waals surface area (Å²) in [7, 11) is 0. The summed E-state index contributed by atoms with van der Waals surface area (Å²) in [6.45, 7) is 2.42. The Balaban J connectivity index is 2.59. The highest BCUT2D eigenvalue weighted by atomic mass is 32.1. The quantitative estimate of drug-likeness (QED) is 0.867. The molecule has 2 rings (SSSR count). The van der Waals surface area contributed by atoms with E-state index in [1.807, 2.05) is 19.1 Å². The second-order valence-corrected chi connectivity index (χ2v) is 3.89. The molecule has 0 amide bonds. The molecule has 0 unspecified atom stereocenters. The minimum atomic E-state index is -1.00. The summed E-state index contributed by atoms with van der Waals surface area (Å²) in [4.78, 5) is 14.8. The molecule has 1 N–H and O–H groups in total. The Bertz CT molecular complexity index is 506. The molecule has 0 aliphatic heterocycles. The van der Waals surface area contributed by atoms with Crippen LogP contribution in [-0.2, 0) is 0 Å². The van der Waals surface area contributed by atoms with Crippen molar-refractivity contribution < 1.29 is 14.6 Å². The number of thiazole rings is 1. The highest BCUT2D eigenvalue weighted by Crippen LogP contribution is 2.29. The van der Waals surface area contributed by atoms with E-state index in [4.69, 9.17) is 9.84 Å². The van der Waals surface area contributed by atoms with Crippen molar-refractivity contribution in [3.8, 4) is 5.75 Å². The van der Waals surface area contributed by atoms with Crippen LogP contribution in [0.1, 0.15) is 16.7 Å². The number of aromatic nitrogens is 1. The number of carbonyl (C=O) groups is 1. The van der Waals surface area contributed by atoms with Gasteiger partial charge in [0.2, 0.25) is 5.01 Å². The topological polar surface area (TPSA) is 59.4 Å². The first-order chi connectivity index (χ1) is 7.22. The molecular formula is C10H9NO3S. The summed E-state index contributed by atoms with van der Waals surface area (Å²) >= 11 is 1.15. The molecule has 0 aliphatic rings. The fourth-order valence-electron chi connectivity index (χ4n) is 1.29. The van der Waals surface area contributed by atoms with E-state index >= 15 is 0 Å². The van der Waals surface area contributed by atoms with Crippen LogP contribution in [0.4, 0.5) is 0 Å². The number of hydrogen-bond acceptors (Lipinski definition) is 4. The molecule has 0 atom stereocenters. The molecule has 2 aromatic rings. The number of carboxylic acid groups (broad SMARTS) is 1. The van der Waals surface area contributed by atoms with Crippen LogP contribution in [0.25, 0.3) is 10.2 Å². The Morgan fingerprint density at radius 2 is 2.40 bits per heavy atom. The van der Waals surface area contributed by atoms with Crippen LogP contribution in [0.15, 0.2) is 18.2 Å². The van der Waals surface area contributed by atoms with E-state index in [0.717, 1.165) is 16.0 Å². The Hall–Kier alpha value is -1.62. The van der Waals surface area contributed by atoms with Crippen LogP contribution in [0.3, 0.4) is 0 Å². The molecule has 15 heavy (non-hydrogen) atoms. The van der Waals surface area contributed by atoms with E-state index in [9.17, 15) is 4.79 Å². The van der Waals surface area contributed by atoms with Crippen LogP contribution in [0, 0.1) is 0 Å². The summed E-state index contributed by atoms with van der Waals surface area (Å²) in [5, 5.41) is 8.91.